The number of piperidine rings is 1. The Bertz CT molecular complexity index is 188. The maximum absolute atomic E-state index is 6.14. The summed E-state index contributed by atoms with van der Waals surface area (Å²) in [5.74, 6) is 0. The topological polar surface area (TPSA) is 12.5 Å². The van der Waals surface area contributed by atoms with Crippen LogP contribution in [0.2, 0.25) is 0 Å². The third-order valence-corrected chi connectivity index (χ3v) is 3.59. The summed E-state index contributed by atoms with van der Waals surface area (Å²) in [5.41, 5.74) is 0. The summed E-state index contributed by atoms with van der Waals surface area (Å²) in [6, 6.07) is 0. The van der Waals surface area contributed by atoms with Crippen molar-refractivity contribution in [2.24, 2.45) is 0 Å². The summed E-state index contributed by atoms with van der Waals surface area (Å²) in [4.78, 5) is 2.46. The van der Waals surface area contributed by atoms with Gasteiger partial charge in [0.1, 0.15) is 0 Å². The largest absolute Gasteiger partial charge is 0.374 e. The predicted molar refractivity (Wildman–Crippen MR) is 58.9 cm³/mol. The maximum Gasteiger partial charge on any atom is 0.0706 e. The Kier molecular flexibility index (Phi) is 3.69. The van der Waals surface area contributed by atoms with Crippen LogP contribution in [0.15, 0.2) is 0 Å². The van der Waals surface area contributed by atoms with Crippen LogP contribution in [0.25, 0.3) is 0 Å². The Morgan fingerprint density at radius 3 is 2.86 bits per heavy atom. The van der Waals surface area contributed by atoms with Gasteiger partial charge in [-0.05, 0) is 39.2 Å². The highest BCUT2D eigenvalue weighted by Crippen LogP contribution is 2.22. The molecule has 0 aliphatic carbocycles. The average Bonchev–Trinajstić information content (AvgIpc) is 2.51. The minimum Gasteiger partial charge on any atom is -0.374 e. The number of halogens is 1. The second-order valence-corrected chi connectivity index (χ2v) is 5.26. The fourth-order valence-corrected chi connectivity index (χ4v) is 2.82. The Hall–Kier alpha value is 0.210. The third kappa shape index (κ3) is 2.85. The molecular formula is C11H20ClNO. The highest BCUT2D eigenvalue weighted by molar-refractivity contribution is 6.20. The van der Waals surface area contributed by atoms with Crippen LogP contribution in [0, 0.1) is 0 Å². The van der Waals surface area contributed by atoms with Crippen LogP contribution in [0.4, 0.5) is 0 Å². The molecule has 2 saturated heterocycles. The van der Waals surface area contributed by atoms with Crippen LogP contribution < -0.4 is 0 Å². The van der Waals surface area contributed by atoms with Crippen molar-refractivity contribution in [1.82, 2.24) is 4.90 Å². The Labute approximate surface area is 91.6 Å². The minimum absolute atomic E-state index is 0.363. The first-order valence-corrected chi connectivity index (χ1v) is 6.19. The molecule has 0 radical (unpaired) electrons. The number of rotatable bonds is 2. The van der Waals surface area contributed by atoms with E-state index in [0.29, 0.717) is 17.6 Å². The van der Waals surface area contributed by atoms with Crippen LogP contribution in [0.3, 0.4) is 0 Å². The lowest BCUT2D eigenvalue weighted by Crippen LogP contribution is -2.40. The zero-order valence-corrected chi connectivity index (χ0v) is 9.67. The van der Waals surface area contributed by atoms with E-state index in [2.05, 4.69) is 11.8 Å². The van der Waals surface area contributed by atoms with E-state index in [-0.39, 0.29) is 0 Å². The smallest absolute Gasteiger partial charge is 0.0706 e. The molecule has 2 heterocycles. The van der Waals surface area contributed by atoms with Gasteiger partial charge in [0.15, 0.2) is 0 Å². The van der Waals surface area contributed by atoms with Gasteiger partial charge in [-0.25, -0.2) is 0 Å². The second kappa shape index (κ2) is 4.82. The minimum atomic E-state index is 0.363. The molecule has 0 aromatic heterocycles. The van der Waals surface area contributed by atoms with Gasteiger partial charge in [0.2, 0.25) is 0 Å². The lowest BCUT2D eigenvalue weighted by molar-refractivity contribution is 0.0280. The summed E-state index contributed by atoms with van der Waals surface area (Å²) in [5, 5.41) is 0.363. The van der Waals surface area contributed by atoms with Crippen molar-refractivity contribution in [1.29, 1.82) is 0 Å². The molecular weight excluding hydrogens is 198 g/mol. The van der Waals surface area contributed by atoms with Gasteiger partial charge in [0.05, 0.1) is 12.2 Å². The molecule has 3 atom stereocenters. The van der Waals surface area contributed by atoms with E-state index in [1.807, 2.05) is 0 Å². The molecule has 0 N–H and O–H groups in total. The first kappa shape index (κ1) is 10.7. The highest BCUT2D eigenvalue weighted by atomic mass is 35.5. The number of hydrogen-bond donors (Lipinski definition) is 0. The van der Waals surface area contributed by atoms with E-state index >= 15 is 0 Å². The maximum atomic E-state index is 6.14. The fraction of sp³-hybridized carbons (Fsp3) is 1.00. The molecule has 2 rings (SSSR count). The average molecular weight is 218 g/mol. The van der Waals surface area contributed by atoms with Gasteiger partial charge in [-0.15, -0.1) is 11.6 Å². The molecule has 0 saturated carbocycles. The summed E-state index contributed by atoms with van der Waals surface area (Å²) in [6.07, 6.45) is 5.81. The molecule has 0 aromatic carbocycles. The van der Waals surface area contributed by atoms with Crippen molar-refractivity contribution in [2.45, 2.75) is 50.2 Å². The van der Waals surface area contributed by atoms with E-state index in [9.17, 15) is 0 Å². The summed E-state index contributed by atoms with van der Waals surface area (Å²) in [7, 11) is 0. The lowest BCUT2D eigenvalue weighted by Gasteiger charge is -2.31. The molecule has 2 nitrogen and oxygen atoms in total. The van der Waals surface area contributed by atoms with E-state index in [1.165, 1.54) is 32.2 Å². The molecule has 82 valence electrons. The number of ether oxygens (including phenoxy) is 1. The first-order valence-electron chi connectivity index (χ1n) is 5.76. The van der Waals surface area contributed by atoms with Gasteiger partial charge >= 0.3 is 0 Å². The summed E-state index contributed by atoms with van der Waals surface area (Å²) in [6.45, 7) is 5.52. The van der Waals surface area contributed by atoms with Crippen molar-refractivity contribution in [2.75, 3.05) is 19.6 Å². The van der Waals surface area contributed by atoms with E-state index in [1.54, 1.807) is 0 Å². The van der Waals surface area contributed by atoms with Crippen LogP contribution >= 0.6 is 11.6 Å². The van der Waals surface area contributed by atoms with Crippen LogP contribution in [0.5, 0.6) is 0 Å². The number of alkyl halides is 1. The molecule has 2 aliphatic heterocycles. The van der Waals surface area contributed by atoms with Gasteiger partial charge in [-0.2, -0.15) is 0 Å². The summed E-state index contributed by atoms with van der Waals surface area (Å²) < 4.78 is 5.81. The van der Waals surface area contributed by atoms with E-state index in [4.69, 9.17) is 16.3 Å². The van der Waals surface area contributed by atoms with Gasteiger partial charge in [-0.1, -0.05) is 0 Å². The molecule has 3 unspecified atom stereocenters. The monoisotopic (exact) mass is 217 g/mol. The van der Waals surface area contributed by atoms with Crippen molar-refractivity contribution in [3.05, 3.63) is 0 Å². The zero-order valence-electron chi connectivity index (χ0n) is 8.92. The Morgan fingerprint density at radius 2 is 2.21 bits per heavy atom. The number of hydrogen-bond acceptors (Lipinski definition) is 2. The third-order valence-electron chi connectivity index (χ3n) is 3.23. The van der Waals surface area contributed by atoms with Crippen LogP contribution in [-0.4, -0.2) is 42.1 Å². The normalized spacial score (nSPS) is 40.3. The summed E-state index contributed by atoms with van der Waals surface area (Å²) >= 11 is 6.14. The van der Waals surface area contributed by atoms with Crippen molar-refractivity contribution >= 4 is 11.6 Å². The van der Waals surface area contributed by atoms with E-state index in [0.717, 1.165) is 13.1 Å². The van der Waals surface area contributed by atoms with E-state index < -0.39 is 0 Å². The second-order valence-electron chi connectivity index (χ2n) is 4.65. The standard InChI is InChI=1S/C11H20ClNO/c1-9-4-5-11(14-9)8-13-6-2-3-10(12)7-13/h9-11H,2-8H2,1H3. The zero-order chi connectivity index (χ0) is 9.97. The predicted octanol–water partition coefficient (Wildman–Crippen LogP) is 2.26. The quantitative estimate of drug-likeness (QED) is 0.658. The van der Waals surface area contributed by atoms with Crippen molar-refractivity contribution in [3.8, 4) is 0 Å². The van der Waals surface area contributed by atoms with Crippen LogP contribution in [0.1, 0.15) is 32.6 Å². The molecule has 3 heteroatoms. The number of likely N-dealkylation sites (tertiary alicyclic amines) is 1. The molecule has 0 aromatic rings. The van der Waals surface area contributed by atoms with Gasteiger partial charge in [-0.3, -0.25) is 4.90 Å². The van der Waals surface area contributed by atoms with Crippen molar-refractivity contribution in [3.63, 3.8) is 0 Å². The Morgan fingerprint density at radius 1 is 1.36 bits per heavy atom. The number of nitrogens with zero attached hydrogens (tertiary/aromatic N) is 1. The van der Waals surface area contributed by atoms with Gasteiger partial charge < -0.3 is 4.74 Å². The molecule has 0 spiro atoms. The molecule has 2 fully saturated rings. The van der Waals surface area contributed by atoms with Crippen LogP contribution in [-0.2, 0) is 4.74 Å². The molecule has 2 aliphatic rings. The SMILES string of the molecule is CC1CCC(CN2CCCC(Cl)C2)O1. The first-order chi connectivity index (χ1) is 6.74. The molecule has 14 heavy (non-hydrogen) atoms. The molecule has 0 bridgehead atoms. The lowest BCUT2D eigenvalue weighted by atomic mass is 10.1. The van der Waals surface area contributed by atoms with Gasteiger partial charge in [0, 0.05) is 18.5 Å². The Balaban J connectivity index is 1.74. The van der Waals surface area contributed by atoms with Gasteiger partial charge in [0.25, 0.3) is 0 Å². The fourth-order valence-electron chi connectivity index (χ4n) is 2.47. The molecule has 0 amide bonds. The highest BCUT2D eigenvalue weighted by Gasteiger charge is 2.26. The van der Waals surface area contributed by atoms with Crippen molar-refractivity contribution < 1.29 is 4.74 Å².